The Balaban J connectivity index is 1.63. The first-order valence-corrected chi connectivity index (χ1v) is 13.4. The highest BCUT2D eigenvalue weighted by atomic mass is 15.5. The van der Waals surface area contributed by atoms with Crippen molar-refractivity contribution in [2.45, 2.75) is 0 Å². The SMILES string of the molecule is [C-]#[N+]c1cccc(N2CCN(c3cccc(C#N)c3)/C2=C2\N(c3cccc(C#N)c3)CCN2c2cccc([N+]#[C-])c2)c1. The van der Waals surface area contributed by atoms with E-state index in [1.165, 1.54) is 0 Å². The molecule has 0 saturated carbocycles. The molecule has 2 saturated heterocycles. The van der Waals surface area contributed by atoms with E-state index in [1.54, 1.807) is 24.3 Å². The number of hydrogen-bond acceptors (Lipinski definition) is 6. The highest BCUT2D eigenvalue weighted by Crippen LogP contribution is 2.41. The van der Waals surface area contributed by atoms with Crippen LogP contribution in [-0.4, -0.2) is 26.2 Å². The van der Waals surface area contributed by atoms with Gasteiger partial charge in [-0.1, -0.05) is 36.4 Å². The van der Waals surface area contributed by atoms with E-state index >= 15 is 0 Å². The topological polar surface area (TPSA) is 69.3 Å². The molecular formula is C34H24N8. The third-order valence-electron chi connectivity index (χ3n) is 7.43. The fraction of sp³-hybridized carbons (Fsp3) is 0.118. The third-order valence-corrected chi connectivity index (χ3v) is 7.43. The number of benzene rings is 4. The molecule has 0 amide bonds. The van der Waals surface area contributed by atoms with Crippen molar-refractivity contribution < 1.29 is 0 Å². The lowest BCUT2D eigenvalue weighted by atomic mass is 10.2. The van der Waals surface area contributed by atoms with Gasteiger partial charge in [0.05, 0.1) is 36.4 Å². The molecule has 6 rings (SSSR count). The van der Waals surface area contributed by atoms with E-state index in [0.29, 0.717) is 48.7 Å². The summed E-state index contributed by atoms with van der Waals surface area (Å²) in [7, 11) is 0. The second-order valence-corrected chi connectivity index (χ2v) is 9.84. The molecule has 0 unspecified atom stereocenters. The molecule has 4 aromatic rings. The average molecular weight is 545 g/mol. The summed E-state index contributed by atoms with van der Waals surface area (Å²) >= 11 is 0. The number of nitrogens with zero attached hydrogens (tertiary/aromatic N) is 8. The summed E-state index contributed by atoms with van der Waals surface area (Å²) in [5.74, 6) is 1.78. The Bertz CT molecular complexity index is 1610. The maximum absolute atomic E-state index is 9.66. The Morgan fingerprint density at radius 2 is 0.833 bits per heavy atom. The average Bonchev–Trinajstić information content (AvgIpc) is 3.69. The quantitative estimate of drug-likeness (QED) is 0.258. The lowest BCUT2D eigenvalue weighted by Gasteiger charge is -2.34. The number of anilines is 4. The molecule has 2 fully saturated rings. The van der Waals surface area contributed by atoms with E-state index in [0.717, 1.165) is 34.4 Å². The zero-order valence-corrected chi connectivity index (χ0v) is 22.6. The molecule has 8 heteroatoms. The van der Waals surface area contributed by atoms with E-state index in [-0.39, 0.29) is 0 Å². The number of rotatable bonds is 4. The van der Waals surface area contributed by atoms with Crippen LogP contribution in [0.5, 0.6) is 0 Å². The summed E-state index contributed by atoms with van der Waals surface area (Å²) in [5.41, 5.74) is 5.77. The Morgan fingerprint density at radius 1 is 0.500 bits per heavy atom. The van der Waals surface area contributed by atoms with Gasteiger partial charge in [0.15, 0.2) is 23.0 Å². The smallest absolute Gasteiger partial charge is 0.189 e. The zero-order chi connectivity index (χ0) is 29.1. The van der Waals surface area contributed by atoms with E-state index in [1.807, 2.05) is 72.8 Å². The summed E-state index contributed by atoms with van der Waals surface area (Å²) in [6.07, 6.45) is 0. The summed E-state index contributed by atoms with van der Waals surface area (Å²) in [6.45, 7) is 17.8. The van der Waals surface area contributed by atoms with Gasteiger partial charge in [0.25, 0.3) is 0 Å². The van der Waals surface area contributed by atoms with Gasteiger partial charge in [-0.15, -0.1) is 0 Å². The summed E-state index contributed by atoms with van der Waals surface area (Å²) in [5, 5.41) is 19.3. The molecule has 200 valence electrons. The molecular weight excluding hydrogens is 520 g/mol. The molecule has 2 heterocycles. The zero-order valence-electron chi connectivity index (χ0n) is 22.6. The predicted octanol–water partition coefficient (Wildman–Crippen LogP) is 7.01. The molecule has 0 bridgehead atoms. The highest BCUT2D eigenvalue weighted by molar-refractivity contribution is 5.76. The molecule has 0 N–H and O–H groups in total. The monoisotopic (exact) mass is 544 g/mol. The van der Waals surface area contributed by atoms with Crippen molar-refractivity contribution in [1.29, 1.82) is 10.5 Å². The molecule has 4 aromatic carbocycles. The first-order valence-electron chi connectivity index (χ1n) is 13.4. The largest absolute Gasteiger partial charge is 0.324 e. The van der Waals surface area contributed by atoms with E-state index in [2.05, 4.69) is 41.4 Å². The summed E-state index contributed by atoms with van der Waals surface area (Å²) < 4.78 is 0. The lowest BCUT2D eigenvalue weighted by Crippen LogP contribution is -2.34. The Kier molecular flexibility index (Phi) is 6.88. The van der Waals surface area contributed by atoms with Crippen LogP contribution in [0.2, 0.25) is 0 Å². The van der Waals surface area contributed by atoms with Crippen LogP contribution in [0.4, 0.5) is 34.1 Å². The van der Waals surface area contributed by atoms with Gasteiger partial charge in [-0.2, -0.15) is 10.5 Å². The van der Waals surface area contributed by atoms with E-state index < -0.39 is 0 Å². The molecule has 2 aliphatic heterocycles. The molecule has 2 aliphatic rings. The van der Waals surface area contributed by atoms with Crippen LogP contribution < -0.4 is 19.6 Å². The third kappa shape index (κ3) is 4.71. The van der Waals surface area contributed by atoms with Crippen LogP contribution in [0, 0.1) is 35.8 Å². The standard InChI is InChI=1S/C34H24N8/c1-37-27-9-5-13-31(21-27)41-17-15-39(29-11-3-7-25(19-29)23-35)33(41)34-40(30-12-4-8-26(20-30)24-36)16-18-42(34)32-14-6-10-28(22-32)38-2/h3-14,19-22H,15-18H2/b34-33-. The van der Waals surface area contributed by atoms with Gasteiger partial charge < -0.3 is 19.6 Å². The molecule has 0 radical (unpaired) electrons. The predicted molar refractivity (Wildman–Crippen MR) is 164 cm³/mol. The van der Waals surface area contributed by atoms with Gasteiger partial charge in [-0.3, -0.25) is 0 Å². The minimum atomic E-state index is 0.549. The Labute approximate surface area is 245 Å². The molecule has 0 aliphatic carbocycles. The lowest BCUT2D eigenvalue weighted by molar-refractivity contribution is 0.966. The van der Waals surface area contributed by atoms with Crippen molar-refractivity contribution in [3.05, 3.63) is 143 Å². The van der Waals surface area contributed by atoms with Gasteiger partial charge >= 0.3 is 0 Å². The van der Waals surface area contributed by atoms with Crippen molar-refractivity contribution in [1.82, 2.24) is 0 Å². The summed E-state index contributed by atoms with van der Waals surface area (Å²) in [4.78, 5) is 16.2. The van der Waals surface area contributed by atoms with Crippen LogP contribution in [0.25, 0.3) is 9.69 Å². The molecule has 0 aromatic heterocycles. The fourth-order valence-electron chi connectivity index (χ4n) is 5.55. The van der Waals surface area contributed by atoms with E-state index in [4.69, 9.17) is 13.1 Å². The number of nitriles is 2. The first kappa shape index (κ1) is 26.0. The minimum Gasteiger partial charge on any atom is -0.324 e. The van der Waals surface area contributed by atoms with Crippen molar-refractivity contribution in [3.63, 3.8) is 0 Å². The van der Waals surface area contributed by atoms with Gasteiger partial charge in [0.2, 0.25) is 0 Å². The van der Waals surface area contributed by atoms with Gasteiger partial charge in [-0.25, -0.2) is 9.69 Å². The highest BCUT2D eigenvalue weighted by Gasteiger charge is 2.39. The molecule has 0 spiro atoms. The van der Waals surface area contributed by atoms with Crippen LogP contribution in [0.3, 0.4) is 0 Å². The number of hydrogen-bond donors (Lipinski definition) is 0. The van der Waals surface area contributed by atoms with Gasteiger partial charge in [0.1, 0.15) is 0 Å². The second-order valence-electron chi connectivity index (χ2n) is 9.84. The fourth-order valence-corrected chi connectivity index (χ4v) is 5.55. The Hall–Kier alpha value is -6.22. The summed E-state index contributed by atoms with van der Waals surface area (Å²) in [6, 6.07) is 34.8. The van der Waals surface area contributed by atoms with E-state index in [9.17, 15) is 10.5 Å². The van der Waals surface area contributed by atoms with Crippen molar-refractivity contribution in [2.24, 2.45) is 0 Å². The van der Waals surface area contributed by atoms with Crippen molar-refractivity contribution in [3.8, 4) is 12.1 Å². The first-order chi connectivity index (χ1) is 20.6. The van der Waals surface area contributed by atoms with Crippen LogP contribution in [0.1, 0.15) is 11.1 Å². The minimum absolute atomic E-state index is 0.549. The van der Waals surface area contributed by atoms with Crippen LogP contribution in [-0.2, 0) is 0 Å². The normalized spacial score (nSPS) is 16.1. The van der Waals surface area contributed by atoms with Crippen LogP contribution in [0.15, 0.2) is 109 Å². The van der Waals surface area contributed by atoms with Crippen LogP contribution >= 0.6 is 0 Å². The molecule has 8 nitrogen and oxygen atoms in total. The maximum atomic E-state index is 9.66. The van der Waals surface area contributed by atoms with Crippen molar-refractivity contribution >= 4 is 34.1 Å². The maximum Gasteiger partial charge on any atom is 0.189 e. The Morgan fingerprint density at radius 3 is 1.17 bits per heavy atom. The van der Waals surface area contributed by atoms with Gasteiger partial charge in [-0.05, 0) is 60.7 Å². The van der Waals surface area contributed by atoms with Gasteiger partial charge in [0, 0.05) is 48.9 Å². The molecule has 42 heavy (non-hydrogen) atoms. The molecule has 0 atom stereocenters. The van der Waals surface area contributed by atoms with Crippen molar-refractivity contribution in [2.75, 3.05) is 45.8 Å². The second kappa shape index (κ2) is 11.1.